The Kier molecular flexibility index (Phi) is 4.36. The highest BCUT2D eigenvalue weighted by atomic mass is 16.5. The van der Waals surface area contributed by atoms with E-state index in [0.717, 1.165) is 19.3 Å². The standard InChI is InChI=1S/C12H22N2O3/c13-11-3-1-2-9(11)6-12(16)14-4-5-17-10(7-14)8-15/h9-11,15H,1-8,13H2/t9-,10?,11+/m0/s1. The maximum Gasteiger partial charge on any atom is 0.223 e. The molecule has 1 heterocycles. The van der Waals surface area contributed by atoms with E-state index in [-0.39, 0.29) is 24.7 Å². The van der Waals surface area contributed by atoms with E-state index in [2.05, 4.69) is 0 Å². The third-order valence-corrected chi connectivity index (χ3v) is 3.85. The molecule has 2 aliphatic rings. The molecule has 0 aromatic heterocycles. The van der Waals surface area contributed by atoms with E-state index in [1.54, 1.807) is 4.90 Å². The molecule has 0 spiro atoms. The van der Waals surface area contributed by atoms with Crippen LogP contribution in [0.1, 0.15) is 25.7 Å². The maximum atomic E-state index is 12.1. The average molecular weight is 242 g/mol. The molecule has 3 atom stereocenters. The smallest absolute Gasteiger partial charge is 0.223 e. The molecule has 3 N–H and O–H groups in total. The van der Waals surface area contributed by atoms with Crippen LogP contribution in [0.25, 0.3) is 0 Å². The third-order valence-electron chi connectivity index (χ3n) is 3.85. The van der Waals surface area contributed by atoms with E-state index in [4.69, 9.17) is 15.6 Å². The Bertz CT molecular complexity index is 272. The van der Waals surface area contributed by atoms with Crippen molar-refractivity contribution in [1.82, 2.24) is 4.90 Å². The molecule has 1 saturated heterocycles. The van der Waals surface area contributed by atoms with Gasteiger partial charge in [-0.05, 0) is 18.8 Å². The van der Waals surface area contributed by atoms with Gasteiger partial charge < -0.3 is 20.5 Å². The monoisotopic (exact) mass is 242 g/mol. The van der Waals surface area contributed by atoms with E-state index in [0.29, 0.717) is 32.0 Å². The summed E-state index contributed by atoms with van der Waals surface area (Å²) in [5.74, 6) is 0.507. The van der Waals surface area contributed by atoms with Gasteiger partial charge in [0, 0.05) is 25.6 Å². The number of carbonyl (C=O) groups is 1. The summed E-state index contributed by atoms with van der Waals surface area (Å²) in [6.07, 6.45) is 3.59. The van der Waals surface area contributed by atoms with Gasteiger partial charge in [-0.1, -0.05) is 6.42 Å². The summed E-state index contributed by atoms with van der Waals surface area (Å²) >= 11 is 0. The molecule has 0 aromatic rings. The number of ether oxygens (including phenoxy) is 1. The van der Waals surface area contributed by atoms with Gasteiger partial charge in [-0.25, -0.2) is 0 Å². The molecule has 98 valence electrons. The first-order chi connectivity index (χ1) is 8.20. The molecule has 5 nitrogen and oxygen atoms in total. The van der Waals surface area contributed by atoms with Gasteiger partial charge in [-0.3, -0.25) is 4.79 Å². The van der Waals surface area contributed by atoms with Crippen LogP contribution in [-0.2, 0) is 9.53 Å². The molecule has 0 radical (unpaired) electrons. The first-order valence-electron chi connectivity index (χ1n) is 6.46. The number of morpholine rings is 1. The molecule has 1 aliphatic carbocycles. The number of amides is 1. The van der Waals surface area contributed by atoms with Gasteiger partial charge in [0.1, 0.15) is 0 Å². The van der Waals surface area contributed by atoms with Crippen molar-refractivity contribution in [2.45, 2.75) is 37.8 Å². The van der Waals surface area contributed by atoms with Crippen molar-refractivity contribution in [3.63, 3.8) is 0 Å². The topological polar surface area (TPSA) is 75.8 Å². The minimum Gasteiger partial charge on any atom is -0.394 e. The zero-order chi connectivity index (χ0) is 12.3. The summed E-state index contributed by atoms with van der Waals surface area (Å²) in [7, 11) is 0. The van der Waals surface area contributed by atoms with E-state index in [9.17, 15) is 4.79 Å². The predicted molar refractivity (Wildman–Crippen MR) is 63.3 cm³/mol. The molecule has 1 aliphatic heterocycles. The highest BCUT2D eigenvalue weighted by Crippen LogP contribution is 2.27. The van der Waals surface area contributed by atoms with E-state index in [1.807, 2.05) is 0 Å². The number of hydrogen-bond acceptors (Lipinski definition) is 4. The van der Waals surface area contributed by atoms with Crippen molar-refractivity contribution in [3.8, 4) is 0 Å². The summed E-state index contributed by atoms with van der Waals surface area (Å²) in [5, 5.41) is 9.03. The molecule has 1 amide bonds. The molecule has 17 heavy (non-hydrogen) atoms. The van der Waals surface area contributed by atoms with Crippen LogP contribution in [0.2, 0.25) is 0 Å². The lowest BCUT2D eigenvalue weighted by Gasteiger charge is -2.33. The molecular formula is C12H22N2O3. The number of nitrogens with zero attached hydrogens (tertiary/aromatic N) is 1. The normalized spacial score (nSPS) is 34.0. The minimum absolute atomic E-state index is 0.0211. The number of carbonyl (C=O) groups excluding carboxylic acids is 1. The Morgan fingerprint density at radius 1 is 1.47 bits per heavy atom. The van der Waals surface area contributed by atoms with Crippen molar-refractivity contribution in [3.05, 3.63) is 0 Å². The predicted octanol–water partition coefficient (Wildman–Crippen LogP) is -0.276. The second kappa shape index (κ2) is 5.80. The summed E-state index contributed by atoms with van der Waals surface area (Å²) in [5.41, 5.74) is 5.97. The Hall–Kier alpha value is -0.650. The van der Waals surface area contributed by atoms with Crippen LogP contribution in [0.4, 0.5) is 0 Å². The third kappa shape index (κ3) is 3.18. The lowest BCUT2D eigenvalue weighted by atomic mass is 9.99. The summed E-state index contributed by atoms with van der Waals surface area (Å²) in [6.45, 7) is 1.65. The Morgan fingerprint density at radius 2 is 2.29 bits per heavy atom. The maximum absolute atomic E-state index is 12.1. The highest BCUT2D eigenvalue weighted by Gasteiger charge is 2.30. The largest absolute Gasteiger partial charge is 0.394 e. The molecule has 5 heteroatoms. The summed E-state index contributed by atoms with van der Waals surface area (Å²) < 4.78 is 5.33. The number of aliphatic hydroxyl groups is 1. The molecule has 0 aromatic carbocycles. The van der Waals surface area contributed by atoms with E-state index < -0.39 is 0 Å². The Labute approximate surface area is 102 Å². The lowest BCUT2D eigenvalue weighted by Crippen LogP contribution is -2.47. The average Bonchev–Trinajstić information content (AvgIpc) is 2.75. The van der Waals surface area contributed by atoms with Gasteiger partial charge in [0.05, 0.1) is 19.3 Å². The zero-order valence-corrected chi connectivity index (χ0v) is 10.2. The van der Waals surface area contributed by atoms with Crippen LogP contribution < -0.4 is 5.73 Å². The van der Waals surface area contributed by atoms with Crippen molar-refractivity contribution >= 4 is 5.91 Å². The van der Waals surface area contributed by atoms with Crippen LogP contribution in [0.15, 0.2) is 0 Å². The van der Waals surface area contributed by atoms with Crippen LogP contribution >= 0.6 is 0 Å². The fourth-order valence-electron chi connectivity index (χ4n) is 2.73. The second-order valence-corrected chi connectivity index (χ2v) is 5.07. The molecule has 2 rings (SSSR count). The fourth-order valence-corrected chi connectivity index (χ4v) is 2.73. The second-order valence-electron chi connectivity index (χ2n) is 5.07. The summed E-state index contributed by atoms with van der Waals surface area (Å²) in [6, 6.07) is 0.189. The number of nitrogens with two attached hydrogens (primary N) is 1. The summed E-state index contributed by atoms with van der Waals surface area (Å²) in [4.78, 5) is 13.9. The Morgan fingerprint density at radius 3 is 2.94 bits per heavy atom. The zero-order valence-electron chi connectivity index (χ0n) is 10.2. The lowest BCUT2D eigenvalue weighted by molar-refractivity contribution is -0.141. The van der Waals surface area contributed by atoms with Gasteiger partial charge in [0.2, 0.25) is 5.91 Å². The van der Waals surface area contributed by atoms with Crippen LogP contribution in [0.3, 0.4) is 0 Å². The fraction of sp³-hybridized carbons (Fsp3) is 0.917. The first-order valence-corrected chi connectivity index (χ1v) is 6.46. The molecule has 2 fully saturated rings. The van der Waals surface area contributed by atoms with Crippen molar-refractivity contribution < 1.29 is 14.6 Å². The molecule has 0 bridgehead atoms. The van der Waals surface area contributed by atoms with E-state index in [1.165, 1.54) is 0 Å². The SMILES string of the molecule is N[C@@H]1CCC[C@H]1CC(=O)N1CCOC(CO)C1. The van der Waals surface area contributed by atoms with Gasteiger partial charge in [0.25, 0.3) is 0 Å². The molecule has 1 saturated carbocycles. The quantitative estimate of drug-likeness (QED) is 0.714. The van der Waals surface area contributed by atoms with E-state index >= 15 is 0 Å². The van der Waals surface area contributed by atoms with Crippen LogP contribution in [0, 0.1) is 5.92 Å². The van der Waals surface area contributed by atoms with Crippen molar-refractivity contribution in [2.75, 3.05) is 26.3 Å². The number of hydrogen-bond donors (Lipinski definition) is 2. The minimum atomic E-state index is -0.218. The van der Waals surface area contributed by atoms with Crippen LogP contribution in [0.5, 0.6) is 0 Å². The van der Waals surface area contributed by atoms with Gasteiger partial charge in [0.15, 0.2) is 0 Å². The van der Waals surface area contributed by atoms with Crippen molar-refractivity contribution in [1.29, 1.82) is 0 Å². The van der Waals surface area contributed by atoms with Gasteiger partial charge in [-0.2, -0.15) is 0 Å². The Balaban J connectivity index is 1.82. The van der Waals surface area contributed by atoms with Gasteiger partial charge in [-0.15, -0.1) is 0 Å². The first kappa shape index (κ1) is 12.8. The van der Waals surface area contributed by atoms with Crippen LogP contribution in [-0.4, -0.2) is 54.4 Å². The van der Waals surface area contributed by atoms with Crippen molar-refractivity contribution in [2.24, 2.45) is 11.7 Å². The number of rotatable bonds is 3. The number of aliphatic hydroxyl groups excluding tert-OH is 1. The molecular weight excluding hydrogens is 220 g/mol. The van der Waals surface area contributed by atoms with Gasteiger partial charge >= 0.3 is 0 Å². The highest BCUT2D eigenvalue weighted by molar-refractivity contribution is 5.76. The molecule has 1 unspecified atom stereocenters.